The Kier molecular flexibility index (Phi) is 6.93. The van der Waals surface area contributed by atoms with Crippen LogP contribution in [0.25, 0.3) is 6.08 Å². The molecule has 6 nitrogen and oxygen atoms in total. The Morgan fingerprint density at radius 2 is 1.83 bits per heavy atom. The Labute approximate surface area is 175 Å². The van der Waals surface area contributed by atoms with Crippen molar-refractivity contribution in [1.29, 1.82) is 0 Å². The summed E-state index contributed by atoms with van der Waals surface area (Å²) in [5, 5.41) is 8.79. The number of aryl methyl sites for hydroxylation is 1. The zero-order chi connectivity index (χ0) is 21.5. The van der Waals surface area contributed by atoms with E-state index in [0.29, 0.717) is 17.9 Å². The van der Waals surface area contributed by atoms with Crippen LogP contribution in [0.3, 0.4) is 0 Å². The van der Waals surface area contributed by atoms with Crippen LogP contribution in [0, 0.1) is 6.92 Å². The number of benzene rings is 2. The number of imidazole rings is 1. The van der Waals surface area contributed by atoms with Crippen molar-refractivity contribution in [3.8, 4) is 0 Å². The minimum atomic E-state index is -0.979. The fraction of sp³-hybridized carbons (Fsp3) is 0.208. The zero-order valence-corrected chi connectivity index (χ0v) is 17.0. The number of ether oxygens (including phenoxy) is 1. The Bertz CT molecular complexity index is 1030. The minimum absolute atomic E-state index is 0.102. The van der Waals surface area contributed by atoms with Crippen molar-refractivity contribution in [3.05, 3.63) is 95.1 Å². The summed E-state index contributed by atoms with van der Waals surface area (Å²) in [6, 6.07) is 15.4. The lowest BCUT2D eigenvalue weighted by molar-refractivity contribution is -0.148. The van der Waals surface area contributed by atoms with Gasteiger partial charge >= 0.3 is 5.97 Å². The van der Waals surface area contributed by atoms with Crippen LogP contribution < -0.4 is 0 Å². The van der Waals surface area contributed by atoms with Crippen LogP contribution in [0.15, 0.2) is 67.0 Å². The van der Waals surface area contributed by atoms with Crippen LogP contribution in [0.1, 0.15) is 39.8 Å². The summed E-state index contributed by atoms with van der Waals surface area (Å²) in [6.07, 6.45) is 6.27. The summed E-state index contributed by atoms with van der Waals surface area (Å²) in [5.74, 6) is -0.671. The van der Waals surface area contributed by atoms with Gasteiger partial charge in [-0.05, 0) is 25.0 Å². The number of aliphatic carboxylic acids is 1. The molecule has 0 fully saturated rings. The summed E-state index contributed by atoms with van der Waals surface area (Å²) in [6.45, 7) is 4.25. The largest absolute Gasteiger partial charge is 0.479 e. The van der Waals surface area contributed by atoms with E-state index in [-0.39, 0.29) is 12.4 Å². The van der Waals surface area contributed by atoms with Gasteiger partial charge in [-0.1, -0.05) is 66.2 Å². The standard InChI is InChI=1S/C24H24N2O4/c1-17-5-11-21(12-6-17)22(27)23-25-13-14-26(23)16-20-9-7-19(8-10-20)4-3-15-30-18(2)24(28)29/h3-14,18H,15-16H2,1-2H3,(H,28,29)/b4-3+/t18-/m1/s1. The average Bonchev–Trinajstić information content (AvgIpc) is 3.20. The van der Waals surface area contributed by atoms with Crippen LogP contribution in [0.5, 0.6) is 0 Å². The van der Waals surface area contributed by atoms with Crippen LogP contribution in [-0.4, -0.2) is 39.1 Å². The van der Waals surface area contributed by atoms with E-state index in [0.717, 1.165) is 16.7 Å². The maximum absolute atomic E-state index is 12.8. The molecule has 1 aromatic heterocycles. The highest BCUT2D eigenvalue weighted by Gasteiger charge is 2.15. The van der Waals surface area contributed by atoms with E-state index in [9.17, 15) is 9.59 Å². The third kappa shape index (κ3) is 5.52. The number of carboxylic acid groups (broad SMARTS) is 1. The molecule has 0 aliphatic rings. The average molecular weight is 404 g/mol. The monoisotopic (exact) mass is 404 g/mol. The second-order valence-corrected chi connectivity index (χ2v) is 7.03. The highest BCUT2D eigenvalue weighted by atomic mass is 16.5. The Morgan fingerprint density at radius 3 is 2.50 bits per heavy atom. The van der Waals surface area contributed by atoms with Gasteiger partial charge in [0.2, 0.25) is 5.78 Å². The van der Waals surface area contributed by atoms with Crippen LogP contribution >= 0.6 is 0 Å². The zero-order valence-electron chi connectivity index (χ0n) is 17.0. The van der Waals surface area contributed by atoms with Gasteiger partial charge in [0.1, 0.15) is 0 Å². The van der Waals surface area contributed by atoms with Gasteiger partial charge in [-0.2, -0.15) is 0 Å². The van der Waals surface area contributed by atoms with E-state index in [1.807, 2.05) is 66.1 Å². The lowest BCUT2D eigenvalue weighted by atomic mass is 10.1. The number of carbonyl (C=O) groups excluding carboxylic acids is 1. The predicted molar refractivity (Wildman–Crippen MR) is 114 cm³/mol. The predicted octanol–water partition coefficient (Wildman–Crippen LogP) is 3.97. The molecule has 6 heteroatoms. The molecule has 30 heavy (non-hydrogen) atoms. The number of hydrogen-bond acceptors (Lipinski definition) is 4. The van der Waals surface area contributed by atoms with E-state index in [1.165, 1.54) is 6.92 Å². The molecule has 0 saturated carbocycles. The van der Waals surface area contributed by atoms with Gasteiger partial charge in [-0.25, -0.2) is 9.78 Å². The summed E-state index contributed by atoms with van der Waals surface area (Å²) in [4.78, 5) is 27.7. The van der Waals surface area contributed by atoms with Gasteiger partial charge in [-0.3, -0.25) is 4.79 Å². The molecule has 0 unspecified atom stereocenters. The molecule has 1 heterocycles. The van der Waals surface area contributed by atoms with Crippen LogP contribution in [-0.2, 0) is 16.1 Å². The van der Waals surface area contributed by atoms with E-state index in [4.69, 9.17) is 9.84 Å². The number of carbonyl (C=O) groups is 2. The topological polar surface area (TPSA) is 81.4 Å². The molecule has 3 rings (SSSR count). The number of ketones is 1. The number of nitrogens with zero attached hydrogens (tertiary/aromatic N) is 2. The molecule has 1 atom stereocenters. The summed E-state index contributed by atoms with van der Waals surface area (Å²) >= 11 is 0. The number of rotatable bonds is 9. The van der Waals surface area contributed by atoms with E-state index < -0.39 is 12.1 Å². The Hall–Kier alpha value is -3.51. The summed E-state index contributed by atoms with van der Waals surface area (Å²) in [7, 11) is 0. The molecule has 154 valence electrons. The second-order valence-electron chi connectivity index (χ2n) is 7.03. The number of hydrogen-bond donors (Lipinski definition) is 1. The normalized spacial score (nSPS) is 12.2. The highest BCUT2D eigenvalue weighted by Crippen LogP contribution is 2.13. The highest BCUT2D eigenvalue weighted by molar-refractivity contribution is 6.06. The number of aromatic nitrogens is 2. The molecular weight excluding hydrogens is 380 g/mol. The summed E-state index contributed by atoms with van der Waals surface area (Å²) < 4.78 is 7.01. The second kappa shape index (κ2) is 9.80. The van der Waals surface area contributed by atoms with E-state index in [1.54, 1.807) is 18.5 Å². The molecular formula is C24H24N2O4. The van der Waals surface area contributed by atoms with Crippen LogP contribution in [0.4, 0.5) is 0 Å². The minimum Gasteiger partial charge on any atom is -0.479 e. The van der Waals surface area contributed by atoms with Crippen molar-refractivity contribution in [3.63, 3.8) is 0 Å². The van der Waals surface area contributed by atoms with Crippen molar-refractivity contribution in [1.82, 2.24) is 9.55 Å². The Morgan fingerprint density at radius 1 is 1.13 bits per heavy atom. The lowest BCUT2D eigenvalue weighted by Gasteiger charge is -2.08. The molecule has 0 saturated heterocycles. The van der Waals surface area contributed by atoms with Crippen molar-refractivity contribution in [2.24, 2.45) is 0 Å². The maximum Gasteiger partial charge on any atom is 0.332 e. The first kappa shape index (κ1) is 21.2. The molecule has 3 aromatic rings. The van der Waals surface area contributed by atoms with Crippen molar-refractivity contribution in [2.75, 3.05) is 6.61 Å². The quantitative estimate of drug-likeness (QED) is 0.546. The Balaban J connectivity index is 1.62. The maximum atomic E-state index is 12.8. The van der Waals surface area contributed by atoms with Gasteiger partial charge in [0.05, 0.1) is 6.61 Å². The smallest absolute Gasteiger partial charge is 0.332 e. The SMILES string of the molecule is Cc1ccc(C(=O)c2nccn2Cc2ccc(/C=C/CO[C@H](C)C(=O)O)cc2)cc1. The van der Waals surface area contributed by atoms with Gasteiger partial charge < -0.3 is 14.4 Å². The van der Waals surface area contributed by atoms with Crippen molar-refractivity contribution >= 4 is 17.8 Å². The first-order chi connectivity index (χ1) is 14.4. The van der Waals surface area contributed by atoms with Gasteiger partial charge in [0.15, 0.2) is 11.9 Å². The van der Waals surface area contributed by atoms with Gasteiger partial charge in [-0.15, -0.1) is 0 Å². The third-order valence-electron chi connectivity index (χ3n) is 4.67. The molecule has 0 bridgehead atoms. The molecule has 1 N–H and O–H groups in total. The summed E-state index contributed by atoms with van der Waals surface area (Å²) in [5.41, 5.74) is 3.74. The van der Waals surface area contributed by atoms with Crippen molar-refractivity contribution in [2.45, 2.75) is 26.5 Å². The molecule has 0 amide bonds. The van der Waals surface area contributed by atoms with E-state index in [2.05, 4.69) is 4.98 Å². The molecule has 0 radical (unpaired) electrons. The molecule has 0 spiro atoms. The van der Waals surface area contributed by atoms with E-state index >= 15 is 0 Å². The van der Waals surface area contributed by atoms with Gasteiger partial charge in [0.25, 0.3) is 0 Å². The van der Waals surface area contributed by atoms with Gasteiger partial charge in [0, 0.05) is 24.5 Å². The fourth-order valence-corrected chi connectivity index (χ4v) is 2.87. The molecule has 0 aliphatic carbocycles. The number of carboxylic acids is 1. The molecule has 2 aromatic carbocycles. The van der Waals surface area contributed by atoms with Crippen molar-refractivity contribution < 1.29 is 19.4 Å². The first-order valence-electron chi connectivity index (χ1n) is 9.66. The first-order valence-corrected chi connectivity index (χ1v) is 9.66. The van der Waals surface area contributed by atoms with Crippen LogP contribution in [0.2, 0.25) is 0 Å². The molecule has 0 aliphatic heterocycles. The lowest BCUT2D eigenvalue weighted by Crippen LogP contribution is -2.19. The third-order valence-corrected chi connectivity index (χ3v) is 4.67. The fourth-order valence-electron chi connectivity index (χ4n) is 2.87.